The standard InChI is InChI=1S/C20H25N3O4S/c1-5-21-28(26,27)17-8-6-7-15(13-17)18(24)22-16-11-9-14(10-12-16)19(25)23-20(2,3)4/h6-13,21H,5H2,1-4H3,(H,22,24)(H,23,25). The van der Waals surface area contributed by atoms with E-state index in [0.717, 1.165) is 0 Å². The summed E-state index contributed by atoms with van der Waals surface area (Å²) in [6, 6.07) is 12.3. The summed E-state index contributed by atoms with van der Waals surface area (Å²) in [5, 5.41) is 5.56. The zero-order chi connectivity index (χ0) is 20.9. The van der Waals surface area contributed by atoms with Gasteiger partial charge in [0.1, 0.15) is 0 Å². The summed E-state index contributed by atoms with van der Waals surface area (Å²) >= 11 is 0. The maximum atomic E-state index is 12.5. The van der Waals surface area contributed by atoms with Crippen LogP contribution in [0.3, 0.4) is 0 Å². The highest BCUT2D eigenvalue weighted by Gasteiger charge is 2.17. The van der Waals surface area contributed by atoms with Crippen molar-refractivity contribution in [1.82, 2.24) is 10.0 Å². The van der Waals surface area contributed by atoms with E-state index in [1.54, 1.807) is 31.2 Å². The summed E-state index contributed by atoms with van der Waals surface area (Å²) in [5.41, 5.74) is 0.847. The molecule has 2 aromatic rings. The Morgan fingerprint density at radius 3 is 2.14 bits per heavy atom. The number of amides is 2. The van der Waals surface area contributed by atoms with Crippen LogP contribution in [0.1, 0.15) is 48.4 Å². The topological polar surface area (TPSA) is 104 Å². The van der Waals surface area contributed by atoms with E-state index in [9.17, 15) is 18.0 Å². The molecule has 7 nitrogen and oxygen atoms in total. The average molecular weight is 404 g/mol. The SMILES string of the molecule is CCNS(=O)(=O)c1cccc(C(=O)Nc2ccc(C(=O)NC(C)(C)C)cc2)c1. The molecule has 0 aliphatic carbocycles. The minimum atomic E-state index is -3.64. The molecule has 3 N–H and O–H groups in total. The highest BCUT2D eigenvalue weighted by atomic mass is 32.2. The zero-order valence-corrected chi connectivity index (χ0v) is 17.2. The van der Waals surface area contributed by atoms with Gasteiger partial charge in [0.05, 0.1) is 4.90 Å². The second-order valence-corrected chi connectivity index (χ2v) is 9.03. The van der Waals surface area contributed by atoms with Crippen molar-refractivity contribution in [2.75, 3.05) is 11.9 Å². The van der Waals surface area contributed by atoms with Crippen LogP contribution in [0.25, 0.3) is 0 Å². The van der Waals surface area contributed by atoms with Crippen LogP contribution < -0.4 is 15.4 Å². The van der Waals surface area contributed by atoms with Crippen molar-refractivity contribution in [1.29, 1.82) is 0 Å². The summed E-state index contributed by atoms with van der Waals surface area (Å²) < 4.78 is 26.6. The highest BCUT2D eigenvalue weighted by molar-refractivity contribution is 7.89. The van der Waals surface area contributed by atoms with Gasteiger partial charge >= 0.3 is 0 Å². The van der Waals surface area contributed by atoms with Gasteiger partial charge in [-0.15, -0.1) is 0 Å². The van der Waals surface area contributed by atoms with E-state index < -0.39 is 15.9 Å². The molecule has 0 bridgehead atoms. The van der Waals surface area contributed by atoms with E-state index in [4.69, 9.17) is 0 Å². The lowest BCUT2D eigenvalue weighted by Crippen LogP contribution is -2.40. The summed E-state index contributed by atoms with van der Waals surface area (Å²) in [5.74, 6) is -0.646. The van der Waals surface area contributed by atoms with Crippen molar-refractivity contribution in [2.24, 2.45) is 0 Å². The van der Waals surface area contributed by atoms with E-state index in [0.29, 0.717) is 11.3 Å². The van der Waals surface area contributed by atoms with E-state index >= 15 is 0 Å². The highest BCUT2D eigenvalue weighted by Crippen LogP contribution is 2.15. The van der Waals surface area contributed by atoms with Crippen LogP contribution in [0.5, 0.6) is 0 Å². The number of carbonyl (C=O) groups is 2. The van der Waals surface area contributed by atoms with Crippen LogP contribution in [0.2, 0.25) is 0 Å². The molecule has 0 saturated carbocycles. The Morgan fingerprint density at radius 1 is 0.929 bits per heavy atom. The minimum absolute atomic E-state index is 0.0243. The minimum Gasteiger partial charge on any atom is -0.347 e. The molecule has 0 aliphatic heterocycles. The lowest BCUT2D eigenvalue weighted by atomic mass is 10.1. The molecule has 0 aliphatic rings. The predicted octanol–water partition coefficient (Wildman–Crippen LogP) is 2.77. The number of rotatable bonds is 6. The monoisotopic (exact) mass is 403 g/mol. The molecule has 2 aromatic carbocycles. The Bertz CT molecular complexity index is 962. The van der Waals surface area contributed by atoms with Gasteiger partial charge in [0.15, 0.2) is 0 Å². The van der Waals surface area contributed by atoms with Crippen molar-refractivity contribution in [3.05, 3.63) is 59.7 Å². The van der Waals surface area contributed by atoms with Crippen LogP contribution in [-0.2, 0) is 10.0 Å². The molecule has 0 atom stereocenters. The number of hydrogen-bond acceptors (Lipinski definition) is 4. The Morgan fingerprint density at radius 2 is 1.57 bits per heavy atom. The largest absolute Gasteiger partial charge is 0.347 e. The quantitative estimate of drug-likeness (QED) is 0.690. The molecule has 2 amide bonds. The third-order valence-electron chi connectivity index (χ3n) is 3.63. The second kappa shape index (κ2) is 8.53. The third-order valence-corrected chi connectivity index (χ3v) is 5.18. The van der Waals surface area contributed by atoms with E-state index in [1.165, 1.54) is 24.3 Å². The van der Waals surface area contributed by atoms with Gasteiger partial charge < -0.3 is 10.6 Å². The molecule has 0 saturated heterocycles. The van der Waals surface area contributed by atoms with Gasteiger partial charge in [-0.05, 0) is 63.2 Å². The number of hydrogen-bond donors (Lipinski definition) is 3. The maximum absolute atomic E-state index is 12.5. The number of sulfonamides is 1. The van der Waals surface area contributed by atoms with Crippen molar-refractivity contribution in [3.8, 4) is 0 Å². The first-order valence-corrected chi connectivity index (χ1v) is 10.3. The Kier molecular flexibility index (Phi) is 6.58. The molecule has 8 heteroatoms. The van der Waals surface area contributed by atoms with Gasteiger partial charge in [0.2, 0.25) is 10.0 Å². The van der Waals surface area contributed by atoms with Crippen molar-refractivity contribution in [2.45, 2.75) is 38.1 Å². The van der Waals surface area contributed by atoms with Crippen molar-refractivity contribution in [3.63, 3.8) is 0 Å². The van der Waals surface area contributed by atoms with Crippen LogP contribution >= 0.6 is 0 Å². The zero-order valence-electron chi connectivity index (χ0n) is 16.4. The smallest absolute Gasteiger partial charge is 0.255 e. The number of benzene rings is 2. The number of carbonyl (C=O) groups excluding carboxylic acids is 2. The molecule has 0 unspecified atom stereocenters. The molecule has 28 heavy (non-hydrogen) atoms. The average Bonchev–Trinajstić information content (AvgIpc) is 2.61. The first-order valence-electron chi connectivity index (χ1n) is 8.85. The summed E-state index contributed by atoms with van der Waals surface area (Å²) in [6.45, 7) is 7.62. The van der Waals surface area contributed by atoms with E-state index in [1.807, 2.05) is 20.8 Å². The van der Waals surface area contributed by atoms with Crippen LogP contribution in [-0.4, -0.2) is 32.3 Å². The maximum Gasteiger partial charge on any atom is 0.255 e. The fourth-order valence-electron chi connectivity index (χ4n) is 2.40. The molecule has 0 aromatic heterocycles. The Balaban J connectivity index is 2.12. The first-order chi connectivity index (χ1) is 13.0. The predicted molar refractivity (Wildman–Crippen MR) is 109 cm³/mol. The van der Waals surface area contributed by atoms with Gasteiger partial charge in [-0.1, -0.05) is 13.0 Å². The third kappa shape index (κ3) is 5.90. The number of nitrogens with one attached hydrogen (secondary N) is 3. The van der Waals surface area contributed by atoms with E-state index in [2.05, 4.69) is 15.4 Å². The molecule has 0 fully saturated rings. The molecular formula is C20H25N3O4S. The lowest BCUT2D eigenvalue weighted by Gasteiger charge is -2.20. The molecule has 0 heterocycles. The van der Waals surface area contributed by atoms with Gasteiger partial charge in [0, 0.05) is 28.9 Å². The summed E-state index contributed by atoms with van der Waals surface area (Å²) in [7, 11) is -3.64. The van der Waals surface area contributed by atoms with Crippen LogP contribution in [0, 0.1) is 0 Å². The van der Waals surface area contributed by atoms with Gasteiger partial charge in [-0.3, -0.25) is 9.59 Å². The number of anilines is 1. The lowest BCUT2D eigenvalue weighted by molar-refractivity contribution is 0.0919. The van der Waals surface area contributed by atoms with Gasteiger partial charge in [-0.2, -0.15) is 0 Å². The van der Waals surface area contributed by atoms with Crippen LogP contribution in [0.15, 0.2) is 53.4 Å². The fraction of sp³-hybridized carbons (Fsp3) is 0.300. The summed E-state index contributed by atoms with van der Waals surface area (Å²) in [6.07, 6.45) is 0. The van der Waals surface area contributed by atoms with Gasteiger partial charge in [-0.25, -0.2) is 13.1 Å². The molecular weight excluding hydrogens is 378 g/mol. The van der Waals surface area contributed by atoms with Crippen LogP contribution in [0.4, 0.5) is 5.69 Å². The summed E-state index contributed by atoms with van der Waals surface area (Å²) in [4.78, 5) is 24.6. The van der Waals surface area contributed by atoms with E-state index in [-0.39, 0.29) is 28.4 Å². The molecule has 2 rings (SSSR count). The molecule has 150 valence electrons. The van der Waals surface area contributed by atoms with Gasteiger partial charge in [0.25, 0.3) is 11.8 Å². The second-order valence-electron chi connectivity index (χ2n) is 7.26. The fourth-order valence-corrected chi connectivity index (χ4v) is 3.49. The normalized spacial score (nSPS) is 11.7. The molecule has 0 radical (unpaired) electrons. The van der Waals surface area contributed by atoms with Crippen molar-refractivity contribution >= 4 is 27.5 Å². The Labute approximate surface area is 165 Å². The van der Waals surface area contributed by atoms with Crippen molar-refractivity contribution < 1.29 is 18.0 Å². The molecule has 0 spiro atoms. The first kappa shape index (κ1) is 21.6. The Hall–Kier alpha value is -2.71.